The average molecular weight is 361 g/mol. The summed E-state index contributed by atoms with van der Waals surface area (Å²) in [4.78, 5) is 31.2. The molecular formula is C22H23N3O2. The van der Waals surface area contributed by atoms with Gasteiger partial charge in [0.2, 0.25) is 11.8 Å². The van der Waals surface area contributed by atoms with Crippen molar-refractivity contribution in [3.05, 3.63) is 72.4 Å². The smallest absolute Gasteiger partial charge is 0.233 e. The second-order valence-electron chi connectivity index (χ2n) is 6.71. The zero-order valence-electron chi connectivity index (χ0n) is 15.6. The zero-order chi connectivity index (χ0) is 19.2. The van der Waals surface area contributed by atoms with Crippen LogP contribution >= 0.6 is 0 Å². The number of rotatable bonds is 6. The molecule has 1 aromatic heterocycles. The lowest BCUT2D eigenvalue weighted by Gasteiger charge is -2.27. The van der Waals surface area contributed by atoms with Crippen LogP contribution in [0.25, 0.3) is 10.9 Å². The van der Waals surface area contributed by atoms with E-state index in [1.54, 1.807) is 17.2 Å². The molecule has 5 nitrogen and oxygen atoms in total. The molecule has 1 heterocycles. The molecule has 0 aliphatic heterocycles. The third-order valence-corrected chi connectivity index (χ3v) is 4.36. The summed E-state index contributed by atoms with van der Waals surface area (Å²) in [6.07, 6.45) is 1.48. The Hall–Kier alpha value is -3.21. The van der Waals surface area contributed by atoms with Crippen molar-refractivity contribution in [1.82, 2.24) is 9.88 Å². The number of hydrogen-bond acceptors (Lipinski definition) is 3. The lowest BCUT2D eigenvalue weighted by atomic mass is 10.1. The van der Waals surface area contributed by atoms with Crippen LogP contribution in [0.2, 0.25) is 0 Å². The Labute approximate surface area is 159 Å². The quantitative estimate of drug-likeness (QED) is 0.675. The van der Waals surface area contributed by atoms with Gasteiger partial charge in [0.1, 0.15) is 6.42 Å². The maximum Gasteiger partial charge on any atom is 0.233 e. The number of aromatic nitrogens is 1. The Bertz CT molecular complexity index is 933. The van der Waals surface area contributed by atoms with E-state index in [0.717, 1.165) is 10.9 Å². The van der Waals surface area contributed by atoms with Gasteiger partial charge in [0.15, 0.2) is 0 Å². The van der Waals surface area contributed by atoms with Gasteiger partial charge >= 0.3 is 0 Å². The Morgan fingerprint density at radius 3 is 2.48 bits per heavy atom. The van der Waals surface area contributed by atoms with Crippen molar-refractivity contribution in [2.45, 2.75) is 32.9 Å². The highest BCUT2D eigenvalue weighted by molar-refractivity contribution is 6.07. The van der Waals surface area contributed by atoms with Crippen LogP contribution in [0, 0.1) is 0 Å². The van der Waals surface area contributed by atoms with Crippen molar-refractivity contribution >= 4 is 28.4 Å². The first kappa shape index (κ1) is 18.6. The van der Waals surface area contributed by atoms with E-state index in [2.05, 4.69) is 10.3 Å². The molecule has 3 aromatic rings. The molecule has 0 bridgehead atoms. The summed E-state index contributed by atoms with van der Waals surface area (Å²) < 4.78 is 0. The van der Waals surface area contributed by atoms with Crippen molar-refractivity contribution in [2.24, 2.45) is 0 Å². The third kappa shape index (κ3) is 4.70. The number of nitrogens with one attached hydrogen (secondary N) is 1. The highest BCUT2D eigenvalue weighted by Crippen LogP contribution is 2.21. The van der Waals surface area contributed by atoms with Crippen LogP contribution in [0.4, 0.5) is 5.69 Å². The Kier molecular flexibility index (Phi) is 5.81. The first-order valence-electron chi connectivity index (χ1n) is 9.01. The molecule has 27 heavy (non-hydrogen) atoms. The predicted molar refractivity (Wildman–Crippen MR) is 107 cm³/mol. The number of benzene rings is 2. The van der Waals surface area contributed by atoms with Crippen molar-refractivity contribution in [3.8, 4) is 0 Å². The van der Waals surface area contributed by atoms with Crippen LogP contribution in [0.3, 0.4) is 0 Å². The summed E-state index contributed by atoms with van der Waals surface area (Å²) in [6.45, 7) is 4.39. The van der Waals surface area contributed by atoms with Crippen LogP contribution in [0.15, 0.2) is 66.9 Å². The maximum absolute atomic E-state index is 12.7. The zero-order valence-corrected chi connectivity index (χ0v) is 15.6. The van der Waals surface area contributed by atoms with E-state index in [1.165, 1.54) is 0 Å². The van der Waals surface area contributed by atoms with E-state index in [1.807, 2.05) is 68.4 Å². The van der Waals surface area contributed by atoms with E-state index in [0.29, 0.717) is 17.7 Å². The van der Waals surface area contributed by atoms with Gasteiger partial charge in [-0.3, -0.25) is 14.6 Å². The number of fused-ring (bicyclic) bond motifs is 1. The predicted octanol–water partition coefficient (Wildman–Crippen LogP) is 4.00. The van der Waals surface area contributed by atoms with Gasteiger partial charge < -0.3 is 10.2 Å². The molecule has 0 fully saturated rings. The molecule has 0 aliphatic carbocycles. The van der Waals surface area contributed by atoms with Gasteiger partial charge in [-0.1, -0.05) is 48.5 Å². The normalized spacial score (nSPS) is 10.8. The average Bonchev–Trinajstić information content (AvgIpc) is 2.67. The summed E-state index contributed by atoms with van der Waals surface area (Å²) in [5.41, 5.74) is 2.37. The monoisotopic (exact) mass is 361 g/mol. The summed E-state index contributed by atoms with van der Waals surface area (Å²) in [6, 6.07) is 19.2. The lowest BCUT2D eigenvalue weighted by Crippen LogP contribution is -2.38. The van der Waals surface area contributed by atoms with Crippen LogP contribution < -0.4 is 5.32 Å². The number of hydrogen-bond donors (Lipinski definition) is 1. The molecule has 0 saturated carbocycles. The number of carbonyl (C=O) groups excluding carboxylic acids is 2. The standard InChI is InChI=1S/C22H23N3O2/c1-16(2)25(15-17-8-4-3-5-9-17)21(27)14-20(26)24-19-12-6-10-18-11-7-13-23-22(18)19/h3-13,16H,14-15H2,1-2H3,(H,24,26). The number of pyridine rings is 1. The molecule has 138 valence electrons. The van der Waals surface area contributed by atoms with Gasteiger partial charge in [-0.2, -0.15) is 0 Å². The minimum Gasteiger partial charge on any atom is -0.336 e. The van der Waals surface area contributed by atoms with Gasteiger partial charge in [0.25, 0.3) is 0 Å². The summed E-state index contributed by atoms with van der Waals surface area (Å²) >= 11 is 0. The second-order valence-corrected chi connectivity index (χ2v) is 6.71. The number of anilines is 1. The van der Waals surface area contributed by atoms with Gasteiger partial charge in [-0.15, -0.1) is 0 Å². The molecule has 0 radical (unpaired) electrons. The van der Waals surface area contributed by atoms with Crippen molar-refractivity contribution in [3.63, 3.8) is 0 Å². The molecule has 0 spiro atoms. The van der Waals surface area contributed by atoms with Crippen LogP contribution in [0.1, 0.15) is 25.8 Å². The Balaban J connectivity index is 1.69. The van der Waals surface area contributed by atoms with E-state index in [-0.39, 0.29) is 24.3 Å². The first-order valence-corrected chi connectivity index (χ1v) is 9.01. The van der Waals surface area contributed by atoms with E-state index in [9.17, 15) is 9.59 Å². The number of amides is 2. The molecule has 0 aliphatic rings. The maximum atomic E-state index is 12.7. The second kappa shape index (κ2) is 8.45. The van der Waals surface area contributed by atoms with Crippen molar-refractivity contribution in [2.75, 3.05) is 5.32 Å². The molecule has 1 N–H and O–H groups in total. The molecule has 2 aromatic carbocycles. The van der Waals surface area contributed by atoms with Gasteiger partial charge in [0.05, 0.1) is 11.2 Å². The van der Waals surface area contributed by atoms with E-state index < -0.39 is 0 Å². The number of para-hydroxylation sites is 1. The molecule has 2 amide bonds. The van der Waals surface area contributed by atoms with Gasteiger partial charge in [0, 0.05) is 24.2 Å². The van der Waals surface area contributed by atoms with Crippen molar-refractivity contribution in [1.29, 1.82) is 0 Å². The molecule has 0 unspecified atom stereocenters. The fourth-order valence-electron chi connectivity index (χ4n) is 2.98. The van der Waals surface area contributed by atoms with E-state index >= 15 is 0 Å². The Morgan fingerprint density at radius 1 is 1.00 bits per heavy atom. The van der Waals surface area contributed by atoms with Gasteiger partial charge in [-0.25, -0.2) is 0 Å². The topological polar surface area (TPSA) is 62.3 Å². The number of carbonyl (C=O) groups is 2. The van der Waals surface area contributed by atoms with Crippen LogP contribution in [0.5, 0.6) is 0 Å². The molecule has 3 rings (SSSR count). The SMILES string of the molecule is CC(C)N(Cc1ccccc1)C(=O)CC(=O)Nc1cccc2cccnc12. The molecule has 5 heteroatoms. The Morgan fingerprint density at radius 2 is 1.74 bits per heavy atom. The largest absolute Gasteiger partial charge is 0.336 e. The highest BCUT2D eigenvalue weighted by atomic mass is 16.2. The fraction of sp³-hybridized carbons (Fsp3) is 0.227. The van der Waals surface area contributed by atoms with Gasteiger partial charge in [-0.05, 0) is 31.5 Å². The number of nitrogens with zero attached hydrogens (tertiary/aromatic N) is 2. The lowest BCUT2D eigenvalue weighted by molar-refractivity contribution is -0.136. The van der Waals surface area contributed by atoms with Crippen LogP contribution in [-0.4, -0.2) is 27.7 Å². The summed E-state index contributed by atoms with van der Waals surface area (Å²) in [5.74, 6) is -0.531. The van der Waals surface area contributed by atoms with Crippen LogP contribution in [-0.2, 0) is 16.1 Å². The van der Waals surface area contributed by atoms with Crippen molar-refractivity contribution < 1.29 is 9.59 Å². The molecule has 0 atom stereocenters. The molecular weight excluding hydrogens is 338 g/mol. The highest BCUT2D eigenvalue weighted by Gasteiger charge is 2.20. The minimum absolute atomic E-state index is 0.00438. The fourth-order valence-corrected chi connectivity index (χ4v) is 2.98. The summed E-state index contributed by atoms with van der Waals surface area (Å²) in [7, 11) is 0. The van der Waals surface area contributed by atoms with E-state index in [4.69, 9.17) is 0 Å². The first-order chi connectivity index (χ1) is 13.0. The molecule has 0 saturated heterocycles. The minimum atomic E-state index is -0.336. The summed E-state index contributed by atoms with van der Waals surface area (Å²) in [5, 5.41) is 3.76. The third-order valence-electron chi connectivity index (χ3n) is 4.36.